The molecular formula is C7H10N4S. The van der Waals surface area contributed by atoms with Gasteiger partial charge in [-0.05, 0) is 36.5 Å². The van der Waals surface area contributed by atoms with E-state index in [1.165, 1.54) is 5.01 Å². The first kappa shape index (κ1) is 8.76. The summed E-state index contributed by atoms with van der Waals surface area (Å²) in [5.41, 5.74) is 12.2. The monoisotopic (exact) mass is 182 g/mol. The minimum Gasteiger partial charge on any atom is -0.399 e. The quantitative estimate of drug-likeness (QED) is 0.250. The summed E-state index contributed by atoms with van der Waals surface area (Å²) in [5.74, 6) is 5.51. The van der Waals surface area contributed by atoms with Crippen LogP contribution in [0, 0.1) is 0 Å². The highest BCUT2D eigenvalue weighted by molar-refractivity contribution is 7.80. The van der Waals surface area contributed by atoms with Crippen molar-refractivity contribution in [1.29, 1.82) is 0 Å². The Hall–Kier alpha value is -1.33. The smallest absolute Gasteiger partial charge is 0.185 e. The van der Waals surface area contributed by atoms with Gasteiger partial charge in [0.05, 0.1) is 5.69 Å². The molecule has 0 spiro atoms. The summed E-state index contributed by atoms with van der Waals surface area (Å²) < 4.78 is 0. The summed E-state index contributed by atoms with van der Waals surface area (Å²) >= 11 is 4.68. The second-order valence-electron chi connectivity index (χ2n) is 2.30. The highest BCUT2D eigenvalue weighted by atomic mass is 32.1. The molecule has 1 aromatic rings. The van der Waals surface area contributed by atoms with E-state index < -0.39 is 0 Å². The van der Waals surface area contributed by atoms with E-state index in [-0.39, 0.29) is 5.11 Å². The van der Waals surface area contributed by atoms with E-state index in [1.54, 1.807) is 24.3 Å². The maximum absolute atomic E-state index is 5.51. The van der Waals surface area contributed by atoms with E-state index in [0.29, 0.717) is 5.69 Å². The topological polar surface area (TPSA) is 81.3 Å². The third-order valence-corrected chi connectivity index (χ3v) is 1.61. The molecule has 0 bridgehead atoms. The van der Waals surface area contributed by atoms with Crippen molar-refractivity contribution in [2.45, 2.75) is 0 Å². The first-order valence-corrected chi connectivity index (χ1v) is 3.72. The van der Waals surface area contributed by atoms with Crippen LogP contribution in [0.2, 0.25) is 0 Å². The zero-order valence-corrected chi connectivity index (χ0v) is 7.21. The van der Waals surface area contributed by atoms with Gasteiger partial charge in [-0.3, -0.25) is 5.01 Å². The molecule has 5 heteroatoms. The van der Waals surface area contributed by atoms with E-state index in [9.17, 15) is 0 Å². The molecule has 0 saturated heterocycles. The van der Waals surface area contributed by atoms with Crippen molar-refractivity contribution in [3.63, 3.8) is 0 Å². The van der Waals surface area contributed by atoms with Gasteiger partial charge in [0.1, 0.15) is 0 Å². The largest absolute Gasteiger partial charge is 0.399 e. The van der Waals surface area contributed by atoms with Crippen LogP contribution < -0.4 is 22.3 Å². The third-order valence-electron chi connectivity index (χ3n) is 1.41. The summed E-state index contributed by atoms with van der Waals surface area (Å²) in [5, 5.41) is 1.34. The van der Waals surface area contributed by atoms with Crippen molar-refractivity contribution in [3.8, 4) is 0 Å². The van der Waals surface area contributed by atoms with Gasteiger partial charge in [0.15, 0.2) is 5.11 Å². The minimum atomic E-state index is 0.125. The molecule has 4 nitrogen and oxygen atoms in total. The van der Waals surface area contributed by atoms with Gasteiger partial charge in [-0.25, -0.2) is 5.84 Å². The second-order valence-corrected chi connectivity index (χ2v) is 2.72. The molecule has 0 aromatic heterocycles. The van der Waals surface area contributed by atoms with Gasteiger partial charge < -0.3 is 11.5 Å². The number of hydrogen-bond donors (Lipinski definition) is 3. The van der Waals surface area contributed by atoms with E-state index in [4.69, 9.17) is 17.3 Å². The highest BCUT2D eigenvalue weighted by Gasteiger charge is 2.01. The molecule has 0 aliphatic heterocycles. The standard InChI is InChI=1S/C7H10N4S/c8-5-1-3-6(4-2-5)11(10)7(9)12/h1-4H,8,10H2,(H2,9,12). The van der Waals surface area contributed by atoms with Gasteiger partial charge in [-0.2, -0.15) is 0 Å². The Morgan fingerprint density at radius 1 is 1.25 bits per heavy atom. The Kier molecular flexibility index (Phi) is 2.47. The fourth-order valence-electron chi connectivity index (χ4n) is 0.762. The third kappa shape index (κ3) is 1.84. The second kappa shape index (κ2) is 3.38. The first-order chi connectivity index (χ1) is 5.61. The molecule has 0 fully saturated rings. The number of rotatable bonds is 1. The van der Waals surface area contributed by atoms with Crippen LogP contribution in [0.25, 0.3) is 0 Å². The van der Waals surface area contributed by atoms with E-state index in [0.717, 1.165) is 5.69 Å². The van der Waals surface area contributed by atoms with Crippen molar-refractivity contribution >= 4 is 28.7 Å². The van der Waals surface area contributed by atoms with Crippen LogP contribution in [-0.2, 0) is 0 Å². The fraction of sp³-hybridized carbons (Fsp3) is 0. The van der Waals surface area contributed by atoms with Crippen molar-refractivity contribution in [3.05, 3.63) is 24.3 Å². The number of benzene rings is 1. The highest BCUT2D eigenvalue weighted by Crippen LogP contribution is 2.12. The SMILES string of the molecule is NC(=S)N(N)c1ccc(N)cc1. The Labute approximate surface area is 75.9 Å². The number of nitrogen functional groups attached to an aromatic ring is 1. The molecule has 0 heterocycles. The molecule has 1 aromatic carbocycles. The van der Waals surface area contributed by atoms with E-state index >= 15 is 0 Å². The molecule has 64 valence electrons. The van der Waals surface area contributed by atoms with Crippen LogP contribution in [0.1, 0.15) is 0 Å². The average Bonchev–Trinajstić information content (AvgIpc) is 2.04. The minimum absolute atomic E-state index is 0.125. The maximum Gasteiger partial charge on any atom is 0.185 e. The molecule has 0 unspecified atom stereocenters. The number of thiocarbonyl (C=S) groups is 1. The van der Waals surface area contributed by atoms with Gasteiger partial charge in [-0.15, -0.1) is 0 Å². The van der Waals surface area contributed by atoms with Crippen LogP contribution in [0.4, 0.5) is 11.4 Å². The summed E-state index contributed by atoms with van der Waals surface area (Å²) in [6.07, 6.45) is 0. The molecule has 0 aliphatic carbocycles. The van der Waals surface area contributed by atoms with Crippen LogP contribution in [0.15, 0.2) is 24.3 Å². The Morgan fingerprint density at radius 2 is 1.75 bits per heavy atom. The van der Waals surface area contributed by atoms with Gasteiger partial charge in [0, 0.05) is 5.69 Å². The predicted octanol–water partition coefficient (Wildman–Crippen LogP) is 0.192. The molecular weight excluding hydrogens is 172 g/mol. The fourth-order valence-corrected chi connectivity index (χ4v) is 0.868. The number of nitrogens with zero attached hydrogens (tertiary/aromatic N) is 1. The summed E-state index contributed by atoms with van der Waals surface area (Å²) in [7, 11) is 0. The lowest BCUT2D eigenvalue weighted by Gasteiger charge is -2.15. The van der Waals surface area contributed by atoms with Crippen LogP contribution in [0.5, 0.6) is 0 Å². The van der Waals surface area contributed by atoms with Crippen molar-refractivity contribution < 1.29 is 0 Å². The van der Waals surface area contributed by atoms with Crippen molar-refractivity contribution in [1.82, 2.24) is 0 Å². The lowest BCUT2D eigenvalue weighted by Crippen LogP contribution is -2.41. The normalized spacial score (nSPS) is 9.42. The molecule has 0 radical (unpaired) electrons. The first-order valence-electron chi connectivity index (χ1n) is 3.31. The van der Waals surface area contributed by atoms with E-state index in [1.807, 2.05) is 0 Å². The lowest BCUT2D eigenvalue weighted by atomic mass is 10.3. The molecule has 0 atom stereocenters. The number of hydrazine groups is 1. The van der Waals surface area contributed by atoms with Gasteiger partial charge >= 0.3 is 0 Å². The van der Waals surface area contributed by atoms with Gasteiger partial charge in [0.25, 0.3) is 0 Å². The number of hydrogen-bond acceptors (Lipinski definition) is 3. The lowest BCUT2D eigenvalue weighted by molar-refractivity contribution is 1.13. The molecule has 0 saturated carbocycles. The molecule has 12 heavy (non-hydrogen) atoms. The van der Waals surface area contributed by atoms with Crippen molar-refractivity contribution in [2.75, 3.05) is 10.7 Å². The predicted molar refractivity (Wildman–Crippen MR) is 54.3 cm³/mol. The van der Waals surface area contributed by atoms with Crippen LogP contribution >= 0.6 is 12.2 Å². The Balaban J connectivity index is 2.89. The summed E-state index contributed by atoms with van der Waals surface area (Å²) in [6.45, 7) is 0. The molecule has 6 N–H and O–H groups in total. The number of nitrogens with two attached hydrogens (primary N) is 3. The Bertz CT molecular complexity index is 282. The zero-order valence-electron chi connectivity index (χ0n) is 6.40. The average molecular weight is 182 g/mol. The van der Waals surface area contributed by atoms with Gasteiger partial charge in [-0.1, -0.05) is 0 Å². The van der Waals surface area contributed by atoms with Crippen molar-refractivity contribution in [2.24, 2.45) is 11.6 Å². The molecule has 0 aliphatic rings. The number of anilines is 2. The summed E-state index contributed by atoms with van der Waals surface area (Å²) in [4.78, 5) is 0. The molecule has 0 amide bonds. The van der Waals surface area contributed by atoms with Gasteiger partial charge in [0.2, 0.25) is 0 Å². The summed E-state index contributed by atoms with van der Waals surface area (Å²) in [6, 6.07) is 6.95. The van der Waals surface area contributed by atoms with Crippen LogP contribution in [-0.4, -0.2) is 5.11 Å². The zero-order chi connectivity index (χ0) is 9.14. The molecule has 1 rings (SSSR count). The van der Waals surface area contributed by atoms with Crippen LogP contribution in [0.3, 0.4) is 0 Å². The Morgan fingerprint density at radius 3 is 2.17 bits per heavy atom. The van der Waals surface area contributed by atoms with E-state index in [2.05, 4.69) is 12.2 Å². The maximum atomic E-state index is 5.51.